The summed E-state index contributed by atoms with van der Waals surface area (Å²) in [5.74, 6) is 2.20. The van der Waals surface area contributed by atoms with Gasteiger partial charge in [-0.05, 0) is 17.8 Å². The first kappa shape index (κ1) is 12.2. The van der Waals surface area contributed by atoms with E-state index in [1.807, 2.05) is 0 Å². The molecular formula is C12H22N2O. The van der Waals surface area contributed by atoms with Crippen molar-refractivity contribution in [2.75, 3.05) is 0 Å². The molecule has 0 aromatic carbocycles. The molecule has 0 radical (unpaired) electrons. The first-order valence-electron chi connectivity index (χ1n) is 5.54. The molecule has 0 spiro atoms. The highest BCUT2D eigenvalue weighted by atomic mass is 16.4. The van der Waals surface area contributed by atoms with Crippen LogP contribution in [0.3, 0.4) is 0 Å². The van der Waals surface area contributed by atoms with Gasteiger partial charge in [-0.1, -0.05) is 27.7 Å². The van der Waals surface area contributed by atoms with E-state index in [2.05, 4.69) is 32.7 Å². The van der Waals surface area contributed by atoms with E-state index in [-0.39, 0.29) is 0 Å². The molecule has 0 fully saturated rings. The second-order valence-corrected chi connectivity index (χ2v) is 5.50. The highest BCUT2D eigenvalue weighted by Crippen LogP contribution is 2.26. The Balaban J connectivity index is 2.47. The van der Waals surface area contributed by atoms with Gasteiger partial charge < -0.3 is 10.2 Å². The van der Waals surface area contributed by atoms with E-state index in [9.17, 15) is 0 Å². The summed E-state index contributed by atoms with van der Waals surface area (Å²) in [6.07, 6.45) is 3.93. The number of hydrogen-bond donors (Lipinski definition) is 1. The Bertz CT molecular complexity index is 299. The Morgan fingerprint density at radius 1 is 1.47 bits per heavy atom. The molecule has 2 N–H and O–H groups in total. The number of rotatable bonds is 4. The molecule has 1 unspecified atom stereocenters. The van der Waals surface area contributed by atoms with Gasteiger partial charge in [0.25, 0.3) is 0 Å². The van der Waals surface area contributed by atoms with Crippen molar-refractivity contribution in [3.8, 4) is 0 Å². The Morgan fingerprint density at radius 2 is 2.13 bits per heavy atom. The van der Waals surface area contributed by atoms with Crippen molar-refractivity contribution >= 4 is 0 Å². The summed E-state index contributed by atoms with van der Waals surface area (Å²) in [5, 5.41) is 0. The minimum absolute atomic E-state index is 0.371. The smallest absolute Gasteiger partial charge is 0.208 e. The van der Waals surface area contributed by atoms with Gasteiger partial charge in [-0.25, -0.2) is 4.98 Å². The molecule has 0 aliphatic heterocycles. The third-order valence-electron chi connectivity index (χ3n) is 2.29. The topological polar surface area (TPSA) is 52.0 Å². The van der Waals surface area contributed by atoms with Crippen LogP contribution in [0.5, 0.6) is 0 Å². The van der Waals surface area contributed by atoms with E-state index in [1.165, 1.54) is 6.42 Å². The molecule has 86 valence electrons. The zero-order valence-corrected chi connectivity index (χ0v) is 10.2. The van der Waals surface area contributed by atoms with Crippen LogP contribution >= 0.6 is 0 Å². The SMILES string of the molecule is CC(Cc1cnc(CN)o1)CC(C)(C)C. The summed E-state index contributed by atoms with van der Waals surface area (Å²) in [5.41, 5.74) is 5.81. The Hall–Kier alpha value is -0.830. The number of aromatic nitrogens is 1. The van der Waals surface area contributed by atoms with E-state index in [0.29, 0.717) is 23.8 Å². The van der Waals surface area contributed by atoms with Gasteiger partial charge in [0.15, 0.2) is 0 Å². The molecule has 1 rings (SSSR count). The molecule has 1 heterocycles. The lowest BCUT2D eigenvalue weighted by atomic mass is 9.84. The first-order valence-corrected chi connectivity index (χ1v) is 5.54. The van der Waals surface area contributed by atoms with Crippen LogP contribution in [-0.4, -0.2) is 4.98 Å². The number of hydrogen-bond acceptors (Lipinski definition) is 3. The maximum absolute atomic E-state index is 5.48. The minimum atomic E-state index is 0.371. The molecule has 1 atom stereocenters. The molecule has 0 saturated heterocycles. The molecule has 0 aliphatic carbocycles. The highest BCUT2D eigenvalue weighted by molar-refractivity contribution is 4.95. The summed E-state index contributed by atoms with van der Waals surface area (Å²) >= 11 is 0. The monoisotopic (exact) mass is 210 g/mol. The maximum atomic E-state index is 5.48. The van der Waals surface area contributed by atoms with Gasteiger partial charge in [-0.15, -0.1) is 0 Å². The number of oxazole rings is 1. The molecule has 0 amide bonds. The first-order chi connectivity index (χ1) is 6.90. The summed E-state index contributed by atoms with van der Waals surface area (Å²) in [6, 6.07) is 0. The molecule has 1 aromatic heterocycles. The van der Waals surface area contributed by atoms with Crippen molar-refractivity contribution in [1.29, 1.82) is 0 Å². The summed E-state index contributed by atoms with van der Waals surface area (Å²) in [4.78, 5) is 4.09. The quantitative estimate of drug-likeness (QED) is 0.831. The summed E-state index contributed by atoms with van der Waals surface area (Å²) < 4.78 is 5.48. The Morgan fingerprint density at radius 3 is 2.60 bits per heavy atom. The number of nitrogens with two attached hydrogens (primary N) is 1. The molecule has 1 aromatic rings. The van der Waals surface area contributed by atoms with Crippen LogP contribution in [0.4, 0.5) is 0 Å². The second-order valence-electron chi connectivity index (χ2n) is 5.50. The fourth-order valence-corrected chi connectivity index (χ4v) is 2.00. The molecule has 0 bridgehead atoms. The standard InChI is InChI=1S/C12H22N2O/c1-9(6-12(2,3)4)5-10-8-14-11(7-13)15-10/h8-9H,5-7,13H2,1-4H3. The maximum Gasteiger partial charge on any atom is 0.208 e. The average Bonchev–Trinajstić information content (AvgIpc) is 2.48. The summed E-state index contributed by atoms with van der Waals surface area (Å²) in [7, 11) is 0. The van der Waals surface area contributed by atoms with Crippen LogP contribution in [0.25, 0.3) is 0 Å². The van der Waals surface area contributed by atoms with Crippen LogP contribution in [0.15, 0.2) is 10.6 Å². The molecule has 0 aliphatic rings. The largest absolute Gasteiger partial charge is 0.444 e. The van der Waals surface area contributed by atoms with E-state index < -0.39 is 0 Å². The van der Waals surface area contributed by atoms with Gasteiger partial charge >= 0.3 is 0 Å². The van der Waals surface area contributed by atoms with E-state index in [1.54, 1.807) is 6.20 Å². The average molecular weight is 210 g/mol. The van der Waals surface area contributed by atoms with Crippen LogP contribution in [0.2, 0.25) is 0 Å². The van der Waals surface area contributed by atoms with Gasteiger partial charge in [0.2, 0.25) is 5.89 Å². The molecule has 15 heavy (non-hydrogen) atoms. The van der Waals surface area contributed by atoms with Gasteiger partial charge in [-0.3, -0.25) is 0 Å². The molecule has 0 saturated carbocycles. The third-order valence-corrected chi connectivity index (χ3v) is 2.29. The second kappa shape index (κ2) is 4.79. The summed E-state index contributed by atoms with van der Waals surface area (Å²) in [6.45, 7) is 9.41. The van der Waals surface area contributed by atoms with Crippen LogP contribution < -0.4 is 5.73 Å². The van der Waals surface area contributed by atoms with Crippen LogP contribution in [0, 0.1) is 11.3 Å². The Kier molecular flexibility index (Phi) is 3.91. The Labute approximate surface area is 92.1 Å². The third kappa shape index (κ3) is 4.47. The molecular weight excluding hydrogens is 188 g/mol. The fraction of sp³-hybridized carbons (Fsp3) is 0.750. The zero-order chi connectivity index (χ0) is 11.5. The van der Waals surface area contributed by atoms with E-state index in [4.69, 9.17) is 10.2 Å². The van der Waals surface area contributed by atoms with Crippen LogP contribution in [-0.2, 0) is 13.0 Å². The van der Waals surface area contributed by atoms with Gasteiger partial charge in [0, 0.05) is 6.42 Å². The lowest BCUT2D eigenvalue weighted by molar-refractivity contribution is 0.294. The highest BCUT2D eigenvalue weighted by Gasteiger charge is 2.16. The van der Waals surface area contributed by atoms with E-state index >= 15 is 0 Å². The molecule has 3 nitrogen and oxygen atoms in total. The lowest BCUT2D eigenvalue weighted by Gasteiger charge is -2.22. The molecule has 3 heteroatoms. The number of nitrogens with zero attached hydrogens (tertiary/aromatic N) is 1. The van der Waals surface area contributed by atoms with Crippen molar-refractivity contribution in [2.24, 2.45) is 17.1 Å². The van der Waals surface area contributed by atoms with Gasteiger partial charge in [0.1, 0.15) is 5.76 Å². The van der Waals surface area contributed by atoms with Crippen molar-refractivity contribution < 1.29 is 4.42 Å². The lowest BCUT2D eigenvalue weighted by Crippen LogP contribution is -2.12. The van der Waals surface area contributed by atoms with Crippen LogP contribution in [0.1, 0.15) is 45.8 Å². The predicted molar refractivity (Wildman–Crippen MR) is 61.3 cm³/mol. The van der Waals surface area contributed by atoms with Gasteiger partial charge in [0.05, 0.1) is 12.7 Å². The minimum Gasteiger partial charge on any atom is -0.444 e. The van der Waals surface area contributed by atoms with E-state index in [0.717, 1.165) is 12.2 Å². The zero-order valence-electron chi connectivity index (χ0n) is 10.2. The van der Waals surface area contributed by atoms with Crippen molar-refractivity contribution in [3.05, 3.63) is 17.8 Å². The van der Waals surface area contributed by atoms with Crippen molar-refractivity contribution in [3.63, 3.8) is 0 Å². The van der Waals surface area contributed by atoms with Crippen molar-refractivity contribution in [2.45, 2.75) is 47.1 Å². The van der Waals surface area contributed by atoms with Gasteiger partial charge in [-0.2, -0.15) is 0 Å². The normalized spacial score (nSPS) is 14.2. The predicted octanol–water partition coefficient (Wildman–Crippen LogP) is 2.75. The fourth-order valence-electron chi connectivity index (χ4n) is 2.00. The van der Waals surface area contributed by atoms with Crippen molar-refractivity contribution in [1.82, 2.24) is 4.98 Å².